The maximum absolute atomic E-state index is 12.4. The van der Waals surface area contributed by atoms with E-state index in [9.17, 15) is 9.59 Å². The SMILES string of the molecule is COC(=O)c1ccccc1NC(=O)c1cc(-c2cccc(Cl)c2)on1. The molecule has 0 aliphatic rings. The van der Waals surface area contributed by atoms with Crippen LogP contribution >= 0.6 is 11.6 Å². The van der Waals surface area contributed by atoms with Crippen molar-refractivity contribution in [3.05, 3.63) is 70.9 Å². The van der Waals surface area contributed by atoms with E-state index in [-0.39, 0.29) is 11.3 Å². The zero-order valence-electron chi connectivity index (χ0n) is 13.2. The normalized spacial score (nSPS) is 10.3. The molecular weight excluding hydrogens is 344 g/mol. The predicted molar refractivity (Wildman–Crippen MR) is 92.7 cm³/mol. The highest BCUT2D eigenvalue weighted by Gasteiger charge is 2.17. The minimum atomic E-state index is -0.546. The molecular formula is C18H13ClN2O4. The average molecular weight is 357 g/mol. The molecule has 1 aromatic heterocycles. The van der Waals surface area contributed by atoms with E-state index in [1.54, 1.807) is 48.5 Å². The van der Waals surface area contributed by atoms with Crippen LogP contribution in [-0.2, 0) is 4.74 Å². The largest absolute Gasteiger partial charge is 0.465 e. The van der Waals surface area contributed by atoms with E-state index in [1.807, 2.05) is 0 Å². The highest BCUT2D eigenvalue weighted by Crippen LogP contribution is 2.24. The number of rotatable bonds is 4. The summed E-state index contributed by atoms with van der Waals surface area (Å²) in [4.78, 5) is 24.1. The summed E-state index contributed by atoms with van der Waals surface area (Å²) >= 11 is 5.95. The van der Waals surface area contributed by atoms with Crippen molar-refractivity contribution >= 4 is 29.2 Å². The molecule has 1 heterocycles. The smallest absolute Gasteiger partial charge is 0.339 e. The van der Waals surface area contributed by atoms with E-state index in [4.69, 9.17) is 20.9 Å². The molecule has 0 fully saturated rings. The van der Waals surface area contributed by atoms with Crippen LogP contribution in [0.15, 0.2) is 59.1 Å². The van der Waals surface area contributed by atoms with Gasteiger partial charge in [-0.1, -0.05) is 41.0 Å². The number of carbonyl (C=O) groups excluding carboxylic acids is 2. The Morgan fingerprint density at radius 3 is 2.68 bits per heavy atom. The van der Waals surface area contributed by atoms with Gasteiger partial charge in [0.05, 0.1) is 18.4 Å². The Morgan fingerprint density at radius 1 is 1.12 bits per heavy atom. The number of amides is 1. The molecule has 6 nitrogen and oxygen atoms in total. The van der Waals surface area contributed by atoms with E-state index >= 15 is 0 Å². The molecule has 0 unspecified atom stereocenters. The van der Waals surface area contributed by atoms with Gasteiger partial charge in [0.25, 0.3) is 5.91 Å². The van der Waals surface area contributed by atoms with Crippen molar-refractivity contribution in [2.45, 2.75) is 0 Å². The molecule has 2 aromatic carbocycles. The van der Waals surface area contributed by atoms with Crippen molar-refractivity contribution in [3.63, 3.8) is 0 Å². The topological polar surface area (TPSA) is 81.4 Å². The van der Waals surface area contributed by atoms with Gasteiger partial charge in [-0.15, -0.1) is 0 Å². The summed E-state index contributed by atoms with van der Waals surface area (Å²) in [6.07, 6.45) is 0. The number of methoxy groups -OCH3 is 1. The Kier molecular flexibility index (Phi) is 4.81. The third-order valence-electron chi connectivity index (χ3n) is 3.43. The molecule has 0 saturated heterocycles. The number of ether oxygens (including phenoxy) is 1. The van der Waals surface area contributed by atoms with Gasteiger partial charge in [0.2, 0.25) is 0 Å². The Bertz CT molecular complexity index is 936. The molecule has 0 atom stereocenters. The molecule has 1 amide bonds. The van der Waals surface area contributed by atoms with Crippen molar-refractivity contribution in [3.8, 4) is 11.3 Å². The van der Waals surface area contributed by atoms with Crippen LogP contribution in [0.5, 0.6) is 0 Å². The van der Waals surface area contributed by atoms with Crippen LogP contribution in [0, 0.1) is 0 Å². The molecule has 126 valence electrons. The van der Waals surface area contributed by atoms with Gasteiger partial charge in [0.1, 0.15) is 0 Å². The van der Waals surface area contributed by atoms with Crippen LogP contribution in [-0.4, -0.2) is 24.1 Å². The number of carbonyl (C=O) groups is 2. The van der Waals surface area contributed by atoms with Gasteiger partial charge in [-0.25, -0.2) is 4.79 Å². The van der Waals surface area contributed by atoms with Gasteiger partial charge in [0.15, 0.2) is 11.5 Å². The molecule has 0 aliphatic carbocycles. The van der Waals surface area contributed by atoms with Gasteiger partial charge >= 0.3 is 5.97 Å². The van der Waals surface area contributed by atoms with Crippen molar-refractivity contribution in [2.24, 2.45) is 0 Å². The fourth-order valence-electron chi connectivity index (χ4n) is 2.23. The molecule has 3 rings (SSSR count). The number of aromatic nitrogens is 1. The van der Waals surface area contributed by atoms with Crippen LogP contribution in [0.2, 0.25) is 5.02 Å². The lowest BCUT2D eigenvalue weighted by Crippen LogP contribution is -2.15. The fraction of sp³-hybridized carbons (Fsp3) is 0.0556. The second kappa shape index (κ2) is 7.19. The fourth-order valence-corrected chi connectivity index (χ4v) is 2.42. The summed E-state index contributed by atoms with van der Waals surface area (Å²) in [6.45, 7) is 0. The Labute approximate surface area is 148 Å². The maximum Gasteiger partial charge on any atom is 0.339 e. The average Bonchev–Trinajstić information content (AvgIpc) is 3.12. The first kappa shape index (κ1) is 16.7. The van der Waals surface area contributed by atoms with Gasteiger partial charge in [-0.05, 0) is 24.3 Å². The zero-order valence-corrected chi connectivity index (χ0v) is 13.9. The predicted octanol–water partition coefficient (Wildman–Crippen LogP) is 4.03. The van der Waals surface area contributed by atoms with Crippen LogP contribution in [0.1, 0.15) is 20.8 Å². The lowest BCUT2D eigenvalue weighted by Gasteiger charge is -2.07. The van der Waals surface area contributed by atoms with E-state index in [0.717, 1.165) is 0 Å². The van der Waals surface area contributed by atoms with E-state index in [0.29, 0.717) is 22.0 Å². The maximum atomic E-state index is 12.4. The third kappa shape index (κ3) is 3.70. The first-order valence-corrected chi connectivity index (χ1v) is 7.67. The number of esters is 1. The number of hydrogen-bond donors (Lipinski definition) is 1. The first-order valence-electron chi connectivity index (χ1n) is 7.30. The van der Waals surface area contributed by atoms with E-state index < -0.39 is 11.9 Å². The summed E-state index contributed by atoms with van der Waals surface area (Å²) < 4.78 is 9.90. The lowest BCUT2D eigenvalue weighted by atomic mass is 10.1. The van der Waals surface area contributed by atoms with Gasteiger partial charge in [0, 0.05) is 16.7 Å². The number of hydrogen-bond acceptors (Lipinski definition) is 5. The Hall–Kier alpha value is -3.12. The second-order valence-corrected chi connectivity index (χ2v) is 5.51. The van der Waals surface area contributed by atoms with Crippen LogP contribution in [0.25, 0.3) is 11.3 Å². The number of para-hydroxylation sites is 1. The third-order valence-corrected chi connectivity index (χ3v) is 3.67. The van der Waals surface area contributed by atoms with Crippen LogP contribution < -0.4 is 5.32 Å². The van der Waals surface area contributed by atoms with Crippen molar-refractivity contribution in [1.29, 1.82) is 0 Å². The van der Waals surface area contributed by atoms with Gasteiger partial charge in [-0.3, -0.25) is 4.79 Å². The molecule has 7 heteroatoms. The minimum Gasteiger partial charge on any atom is -0.465 e. The first-order chi connectivity index (χ1) is 12.1. The molecule has 0 aliphatic heterocycles. The Morgan fingerprint density at radius 2 is 1.92 bits per heavy atom. The summed E-state index contributed by atoms with van der Waals surface area (Å²) in [5, 5.41) is 6.94. The number of nitrogens with one attached hydrogen (secondary N) is 1. The highest BCUT2D eigenvalue weighted by atomic mass is 35.5. The summed E-state index contributed by atoms with van der Waals surface area (Å²) in [6, 6.07) is 15.0. The lowest BCUT2D eigenvalue weighted by molar-refractivity contribution is 0.0602. The molecule has 0 spiro atoms. The second-order valence-electron chi connectivity index (χ2n) is 5.08. The monoisotopic (exact) mass is 356 g/mol. The van der Waals surface area contributed by atoms with E-state index in [1.165, 1.54) is 13.2 Å². The molecule has 3 aromatic rings. The summed E-state index contributed by atoms with van der Waals surface area (Å²) in [5.41, 5.74) is 1.35. The zero-order chi connectivity index (χ0) is 17.8. The molecule has 1 N–H and O–H groups in total. The highest BCUT2D eigenvalue weighted by molar-refractivity contribution is 6.30. The van der Waals surface area contributed by atoms with Crippen molar-refractivity contribution < 1.29 is 18.8 Å². The number of benzene rings is 2. The molecule has 25 heavy (non-hydrogen) atoms. The Balaban J connectivity index is 1.83. The quantitative estimate of drug-likeness (QED) is 0.713. The number of anilines is 1. The van der Waals surface area contributed by atoms with E-state index in [2.05, 4.69) is 10.5 Å². The molecule has 0 saturated carbocycles. The standard InChI is InChI=1S/C18H13ClN2O4/c1-24-18(23)13-7-2-3-8-14(13)20-17(22)15-10-16(25-21-15)11-5-4-6-12(19)9-11/h2-10H,1H3,(H,20,22). The van der Waals surface area contributed by atoms with Crippen molar-refractivity contribution in [1.82, 2.24) is 5.16 Å². The van der Waals surface area contributed by atoms with Crippen LogP contribution in [0.4, 0.5) is 5.69 Å². The molecule has 0 bridgehead atoms. The summed E-state index contributed by atoms with van der Waals surface area (Å²) in [5.74, 6) is -0.641. The summed E-state index contributed by atoms with van der Waals surface area (Å²) in [7, 11) is 1.27. The van der Waals surface area contributed by atoms with Gasteiger partial charge < -0.3 is 14.6 Å². The number of nitrogens with zero attached hydrogens (tertiary/aromatic N) is 1. The van der Waals surface area contributed by atoms with Crippen LogP contribution in [0.3, 0.4) is 0 Å². The number of halogens is 1. The van der Waals surface area contributed by atoms with Gasteiger partial charge in [-0.2, -0.15) is 0 Å². The molecule has 0 radical (unpaired) electrons. The van der Waals surface area contributed by atoms with Crippen molar-refractivity contribution in [2.75, 3.05) is 12.4 Å². The minimum absolute atomic E-state index is 0.0784.